The van der Waals surface area contributed by atoms with Gasteiger partial charge in [0, 0.05) is 24.6 Å². The Balaban J connectivity index is 1.59. The van der Waals surface area contributed by atoms with Crippen molar-refractivity contribution in [3.05, 3.63) is 84.2 Å². The van der Waals surface area contributed by atoms with Crippen LogP contribution in [0.15, 0.2) is 73.1 Å². The number of hydrogen-bond donors (Lipinski definition) is 2. The molecule has 2 aromatic carbocycles. The van der Waals surface area contributed by atoms with Gasteiger partial charge in [0.1, 0.15) is 5.75 Å². The third-order valence-corrected chi connectivity index (χ3v) is 3.95. The molecule has 5 nitrogen and oxygen atoms in total. The maximum Gasteiger partial charge on any atom is 0.257 e. The number of nitrogens with one attached hydrogen (secondary N) is 2. The highest BCUT2D eigenvalue weighted by atomic mass is 16.5. The second-order valence-electron chi connectivity index (χ2n) is 5.77. The van der Waals surface area contributed by atoms with E-state index in [1.54, 1.807) is 25.6 Å². The smallest absolute Gasteiger partial charge is 0.257 e. The Labute approximate surface area is 153 Å². The van der Waals surface area contributed by atoms with Gasteiger partial charge < -0.3 is 15.4 Å². The molecule has 3 rings (SSSR count). The van der Waals surface area contributed by atoms with E-state index in [9.17, 15) is 4.79 Å². The van der Waals surface area contributed by atoms with Crippen LogP contribution in [0, 0.1) is 0 Å². The molecule has 3 aromatic rings. The first-order valence-electron chi connectivity index (χ1n) is 8.43. The number of rotatable bonds is 7. The molecule has 2 N–H and O–H groups in total. The minimum absolute atomic E-state index is 0.183. The van der Waals surface area contributed by atoms with E-state index in [2.05, 4.69) is 15.6 Å². The van der Waals surface area contributed by atoms with E-state index in [0.717, 1.165) is 29.1 Å². The molecule has 1 aromatic heterocycles. The Morgan fingerprint density at radius 3 is 2.58 bits per heavy atom. The average Bonchev–Trinajstić information content (AvgIpc) is 2.69. The van der Waals surface area contributed by atoms with E-state index in [1.165, 1.54) is 0 Å². The van der Waals surface area contributed by atoms with Gasteiger partial charge in [-0.05, 0) is 36.2 Å². The van der Waals surface area contributed by atoms with Gasteiger partial charge in [0.05, 0.1) is 18.4 Å². The van der Waals surface area contributed by atoms with Gasteiger partial charge in [-0.2, -0.15) is 0 Å². The predicted octanol–water partition coefficient (Wildman–Crippen LogP) is 4.00. The number of carbonyl (C=O) groups excluding carboxylic acids is 1. The van der Waals surface area contributed by atoms with E-state index in [1.807, 2.05) is 54.6 Å². The highest BCUT2D eigenvalue weighted by Crippen LogP contribution is 2.18. The van der Waals surface area contributed by atoms with Crippen molar-refractivity contribution in [1.29, 1.82) is 0 Å². The Hall–Kier alpha value is -3.34. The molecule has 0 bridgehead atoms. The number of carbonyl (C=O) groups is 1. The van der Waals surface area contributed by atoms with Gasteiger partial charge in [0.2, 0.25) is 0 Å². The van der Waals surface area contributed by atoms with Crippen LogP contribution in [0.2, 0.25) is 0 Å². The highest BCUT2D eigenvalue weighted by Gasteiger charge is 2.08. The van der Waals surface area contributed by atoms with Crippen LogP contribution in [0.25, 0.3) is 0 Å². The van der Waals surface area contributed by atoms with Gasteiger partial charge in [-0.1, -0.05) is 36.4 Å². The first kappa shape index (κ1) is 17.5. The summed E-state index contributed by atoms with van der Waals surface area (Å²) in [4.78, 5) is 16.5. The first-order chi connectivity index (χ1) is 12.8. The molecule has 0 aliphatic heterocycles. The molecule has 0 saturated heterocycles. The number of amides is 1. The van der Waals surface area contributed by atoms with Crippen LogP contribution in [0.3, 0.4) is 0 Å². The molecule has 0 fully saturated rings. The lowest BCUT2D eigenvalue weighted by molar-refractivity contribution is 0.102. The summed E-state index contributed by atoms with van der Waals surface area (Å²) in [6.07, 6.45) is 4.08. The average molecular weight is 347 g/mol. The minimum Gasteiger partial charge on any atom is -0.496 e. The van der Waals surface area contributed by atoms with Crippen molar-refractivity contribution >= 4 is 17.3 Å². The maximum atomic E-state index is 12.3. The molecule has 0 saturated carbocycles. The minimum atomic E-state index is -0.183. The van der Waals surface area contributed by atoms with Gasteiger partial charge in [0.15, 0.2) is 0 Å². The van der Waals surface area contributed by atoms with Crippen molar-refractivity contribution in [3.8, 4) is 5.75 Å². The van der Waals surface area contributed by atoms with Crippen molar-refractivity contribution in [2.75, 3.05) is 24.3 Å². The molecule has 0 atom stereocenters. The molecule has 1 amide bonds. The predicted molar refractivity (Wildman–Crippen MR) is 104 cm³/mol. The maximum absolute atomic E-state index is 12.3. The van der Waals surface area contributed by atoms with Crippen molar-refractivity contribution in [3.63, 3.8) is 0 Å². The van der Waals surface area contributed by atoms with E-state index >= 15 is 0 Å². The summed E-state index contributed by atoms with van der Waals surface area (Å²) in [5.74, 6) is 0.695. The Kier molecular flexibility index (Phi) is 5.83. The summed E-state index contributed by atoms with van der Waals surface area (Å²) in [5, 5.41) is 6.16. The summed E-state index contributed by atoms with van der Waals surface area (Å²) < 4.78 is 5.36. The summed E-state index contributed by atoms with van der Waals surface area (Å²) in [7, 11) is 1.67. The van der Waals surface area contributed by atoms with Gasteiger partial charge in [-0.25, -0.2) is 0 Å². The summed E-state index contributed by atoms with van der Waals surface area (Å²) in [6.45, 7) is 0.714. The molecular weight excluding hydrogens is 326 g/mol. The van der Waals surface area contributed by atoms with Gasteiger partial charge in [0.25, 0.3) is 5.91 Å². The van der Waals surface area contributed by atoms with Crippen LogP contribution in [-0.2, 0) is 6.42 Å². The summed E-state index contributed by atoms with van der Waals surface area (Å²) in [6, 6.07) is 19.1. The number of methoxy groups -OCH3 is 1. The molecule has 0 aliphatic rings. The van der Waals surface area contributed by atoms with Crippen molar-refractivity contribution < 1.29 is 9.53 Å². The topological polar surface area (TPSA) is 63.2 Å². The molecule has 0 unspecified atom stereocenters. The van der Waals surface area contributed by atoms with Crippen LogP contribution in [0.4, 0.5) is 11.4 Å². The third-order valence-electron chi connectivity index (χ3n) is 3.95. The van der Waals surface area contributed by atoms with Gasteiger partial charge >= 0.3 is 0 Å². The van der Waals surface area contributed by atoms with Gasteiger partial charge in [-0.15, -0.1) is 0 Å². The summed E-state index contributed by atoms with van der Waals surface area (Å²) in [5.41, 5.74) is 3.21. The van der Waals surface area contributed by atoms with Crippen molar-refractivity contribution in [1.82, 2.24) is 4.98 Å². The zero-order valence-corrected chi connectivity index (χ0v) is 14.6. The summed E-state index contributed by atoms with van der Waals surface area (Å²) >= 11 is 0. The molecule has 132 valence electrons. The van der Waals surface area contributed by atoms with E-state index in [4.69, 9.17) is 4.74 Å². The van der Waals surface area contributed by atoms with Gasteiger partial charge in [-0.3, -0.25) is 9.78 Å². The molecule has 26 heavy (non-hydrogen) atoms. The van der Waals surface area contributed by atoms with Crippen LogP contribution in [-0.4, -0.2) is 24.5 Å². The molecule has 1 heterocycles. The zero-order chi connectivity index (χ0) is 18.2. The first-order valence-corrected chi connectivity index (χ1v) is 8.43. The zero-order valence-electron chi connectivity index (χ0n) is 14.6. The SMILES string of the molecule is COc1ccccc1CCNc1cncc(C(=O)Nc2ccccc2)c1. The fraction of sp³-hybridized carbons (Fsp3) is 0.143. The standard InChI is InChI=1S/C21H21N3O2/c1-26-20-10-6-5-7-16(20)11-12-23-19-13-17(14-22-15-19)21(25)24-18-8-3-2-4-9-18/h2-10,13-15,23H,11-12H2,1H3,(H,24,25). The number of ether oxygens (including phenoxy) is 1. The number of aromatic nitrogens is 1. The lowest BCUT2D eigenvalue weighted by Gasteiger charge is -2.10. The van der Waals surface area contributed by atoms with Crippen molar-refractivity contribution in [2.24, 2.45) is 0 Å². The van der Waals surface area contributed by atoms with E-state index < -0.39 is 0 Å². The molecule has 5 heteroatoms. The number of pyridine rings is 1. The second kappa shape index (κ2) is 8.67. The van der Waals surface area contributed by atoms with E-state index in [-0.39, 0.29) is 5.91 Å². The highest BCUT2D eigenvalue weighted by molar-refractivity contribution is 6.04. The van der Waals surface area contributed by atoms with Crippen LogP contribution >= 0.6 is 0 Å². The van der Waals surface area contributed by atoms with Crippen LogP contribution in [0.5, 0.6) is 5.75 Å². The van der Waals surface area contributed by atoms with E-state index in [0.29, 0.717) is 12.1 Å². The quantitative estimate of drug-likeness (QED) is 0.678. The number of benzene rings is 2. The van der Waals surface area contributed by atoms with Crippen LogP contribution in [0.1, 0.15) is 15.9 Å². The number of hydrogen-bond acceptors (Lipinski definition) is 4. The Bertz CT molecular complexity index is 866. The lowest BCUT2D eigenvalue weighted by Crippen LogP contribution is -2.13. The molecule has 0 radical (unpaired) electrons. The fourth-order valence-corrected chi connectivity index (χ4v) is 2.64. The lowest BCUT2D eigenvalue weighted by atomic mass is 10.1. The fourth-order valence-electron chi connectivity index (χ4n) is 2.64. The molecular formula is C21H21N3O2. The largest absolute Gasteiger partial charge is 0.496 e. The second-order valence-corrected chi connectivity index (χ2v) is 5.77. The Morgan fingerprint density at radius 2 is 1.77 bits per heavy atom. The number of anilines is 2. The van der Waals surface area contributed by atoms with Crippen molar-refractivity contribution in [2.45, 2.75) is 6.42 Å². The molecule has 0 aliphatic carbocycles. The monoisotopic (exact) mass is 347 g/mol. The number of nitrogens with zero attached hydrogens (tertiary/aromatic N) is 1. The molecule has 0 spiro atoms. The third kappa shape index (κ3) is 4.60. The number of para-hydroxylation sites is 2. The Morgan fingerprint density at radius 1 is 1.00 bits per heavy atom. The normalized spacial score (nSPS) is 10.2. The van der Waals surface area contributed by atoms with Crippen LogP contribution < -0.4 is 15.4 Å².